The normalized spacial score (nSPS) is 12.7. The lowest BCUT2D eigenvalue weighted by Crippen LogP contribution is -1.96. The Labute approximate surface area is 97.7 Å². The predicted molar refractivity (Wildman–Crippen MR) is 58.4 cm³/mol. The van der Waals surface area contributed by atoms with Gasteiger partial charge in [-0.15, -0.1) is 0 Å². The van der Waals surface area contributed by atoms with Crippen molar-refractivity contribution in [3.63, 3.8) is 0 Å². The van der Waals surface area contributed by atoms with E-state index in [0.29, 0.717) is 10.0 Å². The average molecular weight is 271 g/mol. The molecule has 84 valence electrons. The van der Waals surface area contributed by atoms with Crippen LogP contribution >= 0.6 is 31.5 Å². The number of rotatable bonds is 5. The number of hydrogen-bond acceptors (Lipinski definition) is 3. The molecule has 1 aromatic carbocycles. The molecule has 1 aromatic rings. The Kier molecular flexibility index (Phi) is 5.61. The third-order valence-electron chi connectivity index (χ3n) is 1.54. The highest BCUT2D eigenvalue weighted by molar-refractivity contribution is 7.32. The van der Waals surface area contributed by atoms with Crippen molar-refractivity contribution in [2.24, 2.45) is 0 Å². The first-order valence-electron chi connectivity index (χ1n) is 3.97. The average Bonchev–Trinajstić information content (AvgIpc) is 2.14. The zero-order chi connectivity index (χ0) is 11.3. The molecule has 7 heteroatoms. The van der Waals surface area contributed by atoms with Gasteiger partial charge in [-0.25, -0.2) is 0 Å². The van der Waals surface area contributed by atoms with E-state index in [0.717, 1.165) is 5.56 Å². The highest BCUT2D eigenvalue weighted by Gasteiger charge is 2.01. The van der Waals surface area contributed by atoms with Crippen molar-refractivity contribution in [2.45, 2.75) is 6.61 Å². The van der Waals surface area contributed by atoms with E-state index in [2.05, 4.69) is 4.52 Å². The lowest BCUT2D eigenvalue weighted by Gasteiger charge is -2.05. The summed E-state index contributed by atoms with van der Waals surface area (Å²) in [6.07, 6.45) is 0. The third-order valence-corrected chi connectivity index (χ3v) is 2.49. The van der Waals surface area contributed by atoms with Gasteiger partial charge in [0.2, 0.25) is 0 Å². The van der Waals surface area contributed by atoms with Gasteiger partial charge in [-0.3, -0.25) is 9.09 Å². The smallest absolute Gasteiger partial charge is 0.318 e. The first kappa shape index (κ1) is 13.0. The minimum absolute atomic E-state index is 0.200. The first-order valence-corrected chi connectivity index (χ1v) is 5.99. The van der Waals surface area contributed by atoms with Crippen LogP contribution in [0.15, 0.2) is 18.2 Å². The van der Waals surface area contributed by atoms with Crippen molar-refractivity contribution >= 4 is 31.5 Å². The topological polar surface area (TPSA) is 55.8 Å². The maximum atomic E-state index is 10.2. The molecule has 0 heterocycles. The van der Waals surface area contributed by atoms with E-state index in [4.69, 9.17) is 32.8 Å². The first-order chi connectivity index (χ1) is 7.09. The maximum Gasteiger partial charge on any atom is 0.318 e. The Morgan fingerprint density at radius 1 is 1.40 bits per heavy atom. The molecule has 1 N–H and O–H groups in total. The summed E-state index contributed by atoms with van der Waals surface area (Å²) >= 11 is 11.6. The zero-order valence-electron chi connectivity index (χ0n) is 7.57. The van der Waals surface area contributed by atoms with Gasteiger partial charge in [0, 0.05) is 10.0 Å². The molecule has 15 heavy (non-hydrogen) atoms. The summed E-state index contributed by atoms with van der Waals surface area (Å²) in [5.41, 5.74) is 0.738. The van der Waals surface area contributed by atoms with Crippen LogP contribution in [0.3, 0.4) is 0 Å². The Morgan fingerprint density at radius 2 is 2.13 bits per heavy atom. The van der Waals surface area contributed by atoms with Gasteiger partial charge < -0.3 is 9.63 Å². The van der Waals surface area contributed by atoms with Gasteiger partial charge in [-0.05, 0) is 17.7 Å². The van der Waals surface area contributed by atoms with Gasteiger partial charge >= 0.3 is 8.25 Å². The summed E-state index contributed by atoms with van der Waals surface area (Å²) in [4.78, 5) is 8.34. The molecule has 0 aliphatic heterocycles. The molecule has 0 fully saturated rings. The van der Waals surface area contributed by atoms with Crippen molar-refractivity contribution in [1.29, 1.82) is 0 Å². The van der Waals surface area contributed by atoms with Crippen LogP contribution in [0.5, 0.6) is 0 Å². The fourth-order valence-electron chi connectivity index (χ4n) is 0.882. The molecular weight excluding hydrogens is 262 g/mol. The largest absolute Gasteiger partial charge is 0.350 e. The van der Waals surface area contributed by atoms with Crippen LogP contribution in [-0.2, 0) is 20.4 Å². The molecular formula is C8H9Cl2O4P. The van der Waals surface area contributed by atoms with Gasteiger partial charge in [0.05, 0.1) is 6.61 Å². The molecule has 1 rings (SSSR count). The minimum Gasteiger partial charge on any atom is -0.350 e. The molecule has 0 saturated carbocycles. The highest BCUT2D eigenvalue weighted by atomic mass is 35.5. The lowest BCUT2D eigenvalue weighted by atomic mass is 10.2. The summed E-state index contributed by atoms with van der Waals surface area (Å²) in [5.74, 6) is 0. The van der Waals surface area contributed by atoms with Gasteiger partial charge in [0.1, 0.15) is 0 Å². The van der Waals surface area contributed by atoms with Crippen LogP contribution in [0.25, 0.3) is 0 Å². The molecule has 0 aromatic heterocycles. The van der Waals surface area contributed by atoms with E-state index in [-0.39, 0.29) is 13.4 Å². The summed E-state index contributed by atoms with van der Waals surface area (Å²) in [7, 11) is -2.93. The monoisotopic (exact) mass is 270 g/mol. The fraction of sp³-hybridized carbons (Fsp3) is 0.250. The van der Waals surface area contributed by atoms with Crippen molar-refractivity contribution in [3.05, 3.63) is 33.8 Å². The van der Waals surface area contributed by atoms with Crippen LogP contribution in [0, 0.1) is 0 Å². The van der Waals surface area contributed by atoms with Crippen LogP contribution < -0.4 is 0 Å². The van der Waals surface area contributed by atoms with E-state index in [9.17, 15) is 4.57 Å². The Morgan fingerprint density at radius 3 is 2.73 bits per heavy atom. The second kappa shape index (κ2) is 6.48. The fourth-order valence-corrected chi connectivity index (χ4v) is 1.53. The third kappa shape index (κ3) is 4.98. The Hall–Kier alpha value is -0.0900. The van der Waals surface area contributed by atoms with Gasteiger partial charge in [0.25, 0.3) is 0 Å². The standard InChI is InChI=1S/C8H9Cl2O4P/c9-7-2-1-6(8(10)3-7)4-13-5-14-15(11)12/h1-3,15H,4-5H2,(H,11,12). The molecule has 0 radical (unpaired) electrons. The van der Waals surface area contributed by atoms with Crippen LogP contribution in [-0.4, -0.2) is 11.7 Å². The summed E-state index contributed by atoms with van der Waals surface area (Å²) in [5, 5.41) is 1.03. The molecule has 4 nitrogen and oxygen atoms in total. The van der Waals surface area contributed by atoms with Crippen LogP contribution in [0.2, 0.25) is 10.0 Å². The summed E-state index contributed by atoms with van der Waals surface area (Å²) < 4.78 is 19.5. The SMILES string of the molecule is O=[PH](O)OCOCc1ccc(Cl)cc1Cl. The van der Waals surface area contributed by atoms with Crippen molar-refractivity contribution in [3.8, 4) is 0 Å². The highest BCUT2D eigenvalue weighted by Crippen LogP contribution is 2.22. The van der Waals surface area contributed by atoms with Gasteiger partial charge in [-0.1, -0.05) is 29.3 Å². The van der Waals surface area contributed by atoms with E-state index >= 15 is 0 Å². The van der Waals surface area contributed by atoms with Crippen molar-refractivity contribution in [1.82, 2.24) is 0 Å². The number of halogens is 2. The molecule has 0 aliphatic rings. The van der Waals surface area contributed by atoms with Gasteiger partial charge in [-0.2, -0.15) is 0 Å². The Bertz CT molecular complexity index is 358. The molecule has 0 spiro atoms. The molecule has 0 amide bonds. The van der Waals surface area contributed by atoms with Crippen LogP contribution in [0.4, 0.5) is 0 Å². The quantitative estimate of drug-likeness (QED) is 0.508. The lowest BCUT2D eigenvalue weighted by molar-refractivity contribution is 0.00385. The molecule has 1 atom stereocenters. The molecule has 1 unspecified atom stereocenters. The molecule has 0 saturated heterocycles. The molecule has 0 aliphatic carbocycles. The Balaban J connectivity index is 2.40. The van der Waals surface area contributed by atoms with Crippen molar-refractivity contribution in [2.75, 3.05) is 6.79 Å². The molecule has 0 bridgehead atoms. The van der Waals surface area contributed by atoms with Crippen LogP contribution in [0.1, 0.15) is 5.56 Å². The predicted octanol–water partition coefficient (Wildman–Crippen LogP) is 2.87. The van der Waals surface area contributed by atoms with E-state index in [1.165, 1.54) is 0 Å². The van der Waals surface area contributed by atoms with Gasteiger partial charge in [0.15, 0.2) is 6.79 Å². The van der Waals surface area contributed by atoms with E-state index < -0.39 is 8.25 Å². The van der Waals surface area contributed by atoms with E-state index in [1.807, 2.05) is 0 Å². The number of ether oxygens (including phenoxy) is 1. The number of hydrogen-bond donors (Lipinski definition) is 1. The number of benzene rings is 1. The minimum atomic E-state index is -2.93. The van der Waals surface area contributed by atoms with E-state index in [1.54, 1.807) is 18.2 Å². The zero-order valence-corrected chi connectivity index (χ0v) is 10.1. The summed E-state index contributed by atoms with van der Waals surface area (Å²) in [6, 6.07) is 4.99. The second-order valence-electron chi connectivity index (χ2n) is 2.61. The maximum absolute atomic E-state index is 10.2. The van der Waals surface area contributed by atoms with Crippen molar-refractivity contribution < 1.29 is 18.7 Å². The summed E-state index contributed by atoms with van der Waals surface area (Å²) in [6.45, 7) is -0.0433. The second-order valence-corrected chi connectivity index (χ2v) is 4.28.